The number of carbonyl (C=O) groups is 1. The largest absolute Gasteiger partial charge is 0.348 e. The first-order valence-electron chi connectivity index (χ1n) is 11.4. The highest BCUT2D eigenvalue weighted by Gasteiger charge is 2.24. The van der Waals surface area contributed by atoms with Crippen LogP contribution >= 0.6 is 11.3 Å². The maximum Gasteiger partial charge on any atom is 0.253 e. The zero-order valence-electron chi connectivity index (χ0n) is 20.5. The molecule has 0 fully saturated rings. The van der Waals surface area contributed by atoms with Crippen LogP contribution < -0.4 is 11.2 Å². The molecule has 8 nitrogen and oxygen atoms in total. The van der Waals surface area contributed by atoms with E-state index in [1.165, 1.54) is 4.88 Å². The van der Waals surface area contributed by atoms with E-state index in [1.54, 1.807) is 41.0 Å². The Kier molecular flexibility index (Phi) is 7.12. The number of imidazole rings is 1. The summed E-state index contributed by atoms with van der Waals surface area (Å²) in [6.07, 6.45) is 10.6. The van der Waals surface area contributed by atoms with E-state index in [0.717, 1.165) is 21.8 Å². The van der Waals surface area contributed by atoms with Crippen LogP contribution in [-0.4, -0.2) is 30.4 Å². The standard InChI is InChI=1S/C26H29N7OS/c1-6-21(16(2)3)33(27)22-9-8-20(26(34)31-13-19-11-28-18(5)29-12-19)15-32-23(14-30-25(22)32)24-10-7-17(4)35-24/h6-8,10-12,14-16H,13,27H2,1-5H3,(H,31,34)/b21-6-. The van der Waals surface area contributed by atoms with Gasteiger partial charge in [-0.15, -0.1) is 11.3 Å². The topological polar surface area (TPSA) is 102 Å². The first kappa shape index (κ1) is 24.3. The van der Waals surface area contributed by atoms with Crippen molar-refractivity contribution in [3.05, 3.63) is 82.0 Å². The Balaban J connectivity index is 1.75. The molecule has 0 aliphatic carbocycles. The van der Waals surface area contributed by atoms with Gasteiger partial charge < -0.3 is 5.32 Å². The van der Waals surface area contributed by atoms with Gasteiger partial charge in [-0.05, 0) is 44.9 Å². The van der Waals surface area contributed by atoms with E-state index in [4.69, 9.17) is 5.84 Å². The van der Waals surface area contributed by atoms with Crippen molar-refractivity contribution >= 4 is 29.1 Å². The molecule has 4 rings (SSSR count). The van der Waals surface area contributed by atoms with Gasteiger partial charge in [0.15, 0.2) is 5.82 Å². The lowest BCUT2D eigenvalue weighted by Gasteiger charge is -2.25. The maximum atomic E-state index is 13.2. The van der Waals surface area contributed by atoms with Gasteiger partial charge >= 0.3 is 0 Å². The van der Waals surface area contributed by atoms with E-state index >= 15 is 0 Å². The molecule has 0 spiro atoms. The van der Waals surface area contributed by atoms with E-state index in [0.29, 0.717) is 29.5 Å². The molecule has 180 valence electrons. The number of aryl methyl sites for hydroxylation is 2. The normalized spacial score (nSPS) is 13.3. The highest BCUT2D eigenvalue weighted by Crippen LogP contribution is 2.33. The van der Waals surface area contributed by atoms with Crippen molar-refractivity contribution in [1.29, 1.82) is 0 Å². The molecule has 0 saturated heterocycles. The predicted octanol–water partition coefficient (Wildman–Crippen LogP) is 4.42. The van der Waals surface area contributed by atoms with Crippen LogP contribution in [-0.2, 0) is 11.3 Å². The summed E-state index contributed by atoms with van der Waals surface area (Å²) < 4.78 is 1.91. The van der Waals surface area contributed by atoms with Crippen molar-refractivity contribution in [2.24, 2.45) is 11.8 Å². The van der Waals surface area contributed by atoms with Crippen LogP contribution in [0.4, 0.5) is 0 Å². The second kappa shape index (κ2) is 10.2. The number of aromatic nitrogens is 4. The van der Waals surface area contributed by atoms with Crippen molar-refractivity contribution in [3.63, 3.8) is 0 Å². The number of allylic oxidation sites excluding steroid dienone is 2. The van der Waals surface area contributed by atoms with Crippen LogP contribution in [0.1, 0.15) is 42.9 Å². The summed E-state index contributed by atoms with van der Waals surface area (Å²) in [4.78, 5) is 28.5. The lowest BCUT2D eigenvalue weighted by Crippen LogP contribution is -2.31. The zero-order chi connectivity index (χ0) is 25.1. The van der Waals surface area contributed by atoms with Crippen LogP contribution in [0.25, 0.3) is 22.5 Å². The third-order valence-corrected chi connectivity index (χ3v) is 6.61. The lowest BCUT2D eigenvalue weighted by atomic mass is 10.1. The van der Waals surface area contributed by atoms with Gasteiger partial charge in [0, 0.05) is 41.3 Å². The summed E-state index contributed by atoms with van der Waals surface area (Å²) in [7, 11) is 0. The van der Waals surface area contributed by atoms with E-state index in [2.05, 4.69) is 58.9 Å². The third kappa shape index (κ3) is 5.17. The fourth-order valence-corrected chi connectivity index (χ4v) is 4.66. The first-order valence-corrected chi connectivity index (χ1v) is 12.2. The van der Waals surface area contributed by atoms with Gasteiger partial charge in [-0.2, -0.15) is 0 Å². The number of nitrogens with zero attached hydrogens (tertiary/aromatic N) is 5. The van der Waals surface area contributed by atoms with Gasteiger partial charge in [0.1, 0.15) is 11.5 Å². The second-order valence-electron chi connectivity index (χ2n) is 8.53. The molecule has 0 saturated carbocycles. The molecule has 1 aliphatic rings. The van der Waals surface area contributed by atoms with Crippen LogP contribution in [0.2, 0.25) is 0 Å². The number of rotatable bonds is 7. The van der Waals surface area contributed by atoms with Crippen LogP contribution in [0, 0.1) is 19.8 Å². The SMILES string of the molecule is C/C=C(/C(C)C)N(N)C1=C=CC(C(=O)NCc2cnc(C)nc2)=Cn2c(-c3ccc(C)s3)cnc21. The minimum absolute atomic E-state index is 0.192. The van der Waals surface area contributed by atoms with Crippen molar-refractivity contribution in [3.8, 4) is 10.6 Å². The Hall–Kier alpha value is -3.78. The summed E-state index contributed by atoms with van der Waals surface area (Å²) in [6.45, 7) is 10.3. The Bertz CT molecular complexity index is 1370. The number of hydrogen-bond acceptors (Lipinski definition) is 7. The highest BCUT2D eigenvalue weighted by molar-refractivity contribution is 7.15. The Labute approximate surface area is 209 Å². The number of nitrogens with two attached hydrogens (primary N) is 1. The number of thiophene rings is 1. The molecule has 1 aliphatic heterocycles. The molecule has 0 aromatic carbocycles. The van der Waals surface area contributed by atoms with Gasteiger partial charge in [-0.3, -0.25) is 14.4 Å². The number of amides is 1. The molecule has 3 aromatic heterocycles. The minimum atomic E-state index is -0.244. The average molecular weight is 488 g/mol. The quantitative estimate of drug-likeness (QED) is 0.291. The second-order valence-corrected chi connectivity index (χ2v) is 9.82. The summed E-state index contributed by atoms with van der Waals surface area (Å²) in [5.41, 5.74) is 6.87. The summed E-state index contributed by atoms with van der Waals surface area (Å²) in [5, 5.41) is 4.54. The number of hydrazine groups is 1. The van der Waals surface area contributed by atoms with Crippen LogP contribution in [0.5, 0.6) is 0 Å². The molecular weight excluding hydrogens is 458 g/mol. The molecule has 9 heteroatoms. The molecule has 0 atom stereocenters. The number of fused-ring (bicyclic) bond motifs is 1. The lowest BCUT2D eigenvalue weighted by molar-refractivity contribution is -0.117. The molecule has 35 heavy (non-hydrogen) atoms. The maximum absolute atomic E-state index is 13.2. The van der Waals surface area contributed by atoms with Crippen molar-refractivity contribution in [2.75, 3.05) is 0 Å². The zero-order valence-corrected chi connectivity index (χ0v) is 21.3. The monoisotopic (exact) mass is 487 g/mol. The molecule has 0 unspecified atom stereocenters. The summed E-state index contributed by atoms with van der Waals surface area (Å²) in [6, 6.07) is 4.13. The molecule has 4 heterocycles. The molecule has 0 bridgehead atoms. The van der Waals surface area contributed by atoms with E-state index in [9.17, 15) is 4.79 Å². The average Bonchev–Trinajstić information content (AvgIpc) is 3.39. The van der Waals surface area contributed by atoms with Crippen molar-refractivity contribution < 1.29 is 4.79 Å². The Morgan fingerprint density at radius 1 is 1.23 bits per heavy atom. The van der Waals surface area contributed by atoms with Gasteiger partial charge in [0.2, 0.25) is 0 Å². The minimum Gasteiger partial charge on any atom is -0.348 e. The molecule has 3 N–H and O–H groups in total. The summed E-state index contributed by atoms with van der Waals surface area (Å²) >= 11 is 1.67. The van der Waals surface area contributed by atoms with Gasteiger partial charge in [0.05, 0.1) is 22.3 Å². The van der Waals surface area contributed by atoms with E-state index < -0.39 is 0 Å². The fourth-order valence-electron chi connectivity index (χ4n) is 3.78. The van der Waals surface area contributed by atoms with Crippen molar-refractivity contribution in [2.45, 2.75) is 41.2 Å². The van der Waals surface area contributed by atoms with E-state index in [-0.39, 0.29) is 11.8 Å². The smallest absolute Gasteiger partial charge is 0.253 e. The van der Waals surface area contributed by atoms with Crippen LogP contribution in [0.15, 0.2) is 59.9 Å². The number of carbonyl (C=O) groups excluding carboxylic acids is 1. The highest BCUT2D eigenvalue weighted by atomic mass is 32.1. The van der Waals surface area contributed by atoms with Crippen LogP contribution in [0.3, 0.4) is 0 Å². The van der Waals surface area contributed by atoms with Crippen molar-refractivity contribution in [1.82, 2.24) is 29.8 Å². The van der Waals surface area contributed by atoms with Gasteiger partial charge in [0.25, 0.3) is 5.91 Å². The number of nitrogens with one attached hydrogen (secondary N) is 1. The van der Waals surface area contributed by atoms with Gasteiger partial charge in [-0.1, -0.05) is 25.7 Å². The molecule has 1 amide bonds. The molecular formula is C26H29N7OS. The Morgan fingerprint density at radius 3 is 2.60 bits per heavy atom. The number of hydrogen-bond donors (Lipinski definition) is 2. The van der Waals surface area contributed by atoms with Gasteiger partial charge in [-0.25, -0.2) is 20.8 Å². The fraction of sp³-hybridized carbons (Fsp3) is 0.269. The van der Waals surface area contributed by atoms with E-state index in [1.807, 2.05) is 30.7 Å². The first-order chi connectivity index (χ1) is 16.8. The third-order valence-electron chi connectivity index (χ3n) is 5.59. The Morgan fingerprint density at radius 2 is 1.97 bits per heavy atom. The summed E-state index contributed by atoms with van der Waals surface area (Å²) in [5.74, 6) is 7.81. The molecule has 3 aromatic rings. The predicted molar refractivity (Wildman–Crippen MR) is 139 cm³/mol. The molecule has 0 radical (unpaired) electrons.